The molecular formula is C14H17N3S. The molecule has 18 heavy (non-hydrogen) atoms. The van der Waals surface area contributed by atoms with Gasteiger partial charge in [0.15, 0.2) is 0 Å². The van der Waals surface area contributed by atoms with E-state index in [9.17, 15) is 0 Å². The van der Waals surface area contributed by atoms with E-state index in [1.165, 1.54) is 22.6 Å². The number of nitrogens with one attached hydrogen (secondary N) is 2. The Hall–Kier alpha value is -1.26. The third-order valence-electron chi connectivity index (χ3n) is 3.27. The quantitative estimate of drug-likeness (QED) is 0.887. The summed E-state index contributed by atoms with van der Waals surface area (Å²) in [6.45, 7) is 0.969. The average molecular weight is 259 g/mol. The van der Waals surface area contributed by atoms with Crippen LogP contribution >= 0.6 is 11.8 Å². The molecule has 1 aromatic carbocycles. The van der Waals surface area contributed by atoms with Gasteiger partial charge in [-0.2, -0.15) is 0 Å². The highest BCUT2D eigenvalue weighted by molar-refractivity contribution is 7.99. The minimum Gasteiger partial charge on any atom is -0.349 e. The minimum atomic E-state index is 0.498. The Kier molecular flexibility index (Phi) is 3.67. The molecule has 3 rings (SSSR count). The third-order valence-corrected chi connectivity index (χ3v) is 4.39. The van der Waals surface area contributed by atoms with Crippen LogP contribution in [0.15, 0.2) is 41.6 Å². The van der Waals surface area contributed by atoms with Crippen LogP contribution in [-0.2, 0) is 6.42 Å². The second kappa shape index (κ2) is 5.59. The van der Waals surface area contributed by atoms with Gasteiger partial charge in [0.05, 0.1) is 0 Å². The number of hydrogen-bond acceptors (Lipinski definition) is 3. The van der Waals surface area contributed by atoms with Gasteiger partial charge < -0.3 is 10.3 Å². The third kappa shape index (κ3) is 2.60. The molecule has 1 aromatic heterocycles. The molecule has 3 nitrogen and oxygen atoms in total. The van der Waals surface area contributed by atoms with Crippen molar-refractivity contribution in [1.29, 1.82) is 0 Å². The lowest BCUT2D eigenvalue weighted by molar-refractivity contribution is 0.510. The lowest BCUT2D eigenvalue weighted by atomic mass is 10.0. The number of aromatic amines is 1. The second-order valence-electron chi connectivity index (χ2n) is 4.47. The average Bonchev–Trinajstić information content (AvgIpc) is 2.92. The molecule has 0 radical (unpaired) electrons. The molecule has 0 aliphatic carbocycles. The van der Waals surface area contributed by atoms with Crippen molar-refractivity contribution >= 4 is 11.8 Å². The molecule has 4 heteroatoms. The molecule has 1 aliphatic heterocycles. The summed E-state index contributed by atoms with van der Waals surface area (Å²) in [5.74, 6) is 2.26. The lowest BCUT2D eigenvalue weighted by Crippen LogP contribution is -2.26. The largest absolute Gasteiger partial charge is 0.349 e. The van der Waals surface area contributed by atoms with E-state index >= 15 is 0 Å². The molecule has 1 atom stereocenters. The van der Waals surface area contributed by atoms with Crippen molar-refractivity contribution in [3.05, 3.63) is 48.0 Å². The zero-order valence-corrected chi connectivity index (χ0v) is 11.0. The lowest BCUT2D eigenvalue weighted by Gasteiger charge is -2.25. The molecule has 1 aliphatic rings. The fourth-order valence-corrected chi connectivity index (χ4v) is 3.48. The Morgan fingerprint density at radius 1 is 1.39 bits per heavy atom. The summed E-state index contributed by atoms with van der Waals surface area (Å²) < 4.78 is 0. The Labute approximate surface area is 111 Å². The van der Waals surface area contributed by atoms with Gasteiger partial charge in [-0.25, -0.2) is 4.98 Å². The predicted octanol–water partition coefficient (Wildman–Crippen LogP) is 2.78. The fraction of sp³-hybridized carbons (Fsp3) is 0.357. The first-order valence-corrected chi connectivity index (χ1v) is 7.35. The van der Waals surface area contributed by atoms with Gasteiger partial charge in [-0.15, -0.1) is 11.8 Å². The molecule has 94 valence electrons. The number of benzene rings is 1. The number of aromatic nitrogens is 2. The van der Waals surface area contributed by atoms with Crippen LogP contribution in [0.2, 0.25) is 0 Å². The summed E-state index contributed by atoms with van der Waals surface area (Å²) in [5.41, 5.74) is 1.45. The first kappa shape index (κ1) is 11.8. The van der Waals surface area contributed by atoms with Gasteiger partial charge in [-0.1, -0.05) is 18.2 Å². The maximum atomic E-state index is 4.24. The van der Waals surface area contributed by atoms with Gasteiger partial charge in [-0.3, -0.25) is 0 Å². The van der Waals surface area contributed by atoms with E-state index in [1.54, 1.807) is 0 Å². The van der Waals surface area contributed by atoms with E-state index in [-0.39, 0.29) is 0 Å². The second-order valence-corrected chi connectivity index (χ2v) is 5.60. The summed E-state index contributed by atoms with van der Waals surface area (Å²) in [6.07, 6.45) is 5.85. The molecule has 0 saturated carbocycles. The van der Waals surface area contributed by atoms with Crippen LogP contribution in [0.25, 0.3) is 0 Å². The molecule has 2 N–H and O–H groups in total. The summed E-state index contributed by atoms with van der Waals surface area (Å²) in [5, 5.41) is 3.64. The molecule has 0 amide bonds. The van der Waals surface area contributed by atoms with E-state index in [4.69, 9.17) is 0 Å². The van der Waals surface area contributed by atoms with Gasteiger partial charge in [0.25, 0.3) is 0 Å². The van der Waals surface area contributed by atoms with Crippen LogP contribution in [-0.4, -0.2) is 22.3 Å². The first-order chi connectivity index (χ1) is 8.93. The van der Waals surface area contributed by atoms with Crippen molar-refractivity contribution in [3.8, 4) is 0 Å². The number of hydrogen-bond donors (Lipinski definition) is 2. The van der Waals surface area contributed by atoms with Crippen molar-refractivity contribution < 1.29 is 0 Å². The SMILES string of the molecule is c1ccc2c(c1)SCCC2NCCc1ncc[nH]1. The Morgan fingerprint density at radius 3 is 3.22 bits per heavy atom. The monoisotopic (exact) mass is 259 g/mol. The van der Waals surface area contributed by atoms with E-state index < -0.39 is 0 Å². The molecule has 2 heterocycles. The van der Waals surface area contributed by atoms with Gasteiger partial charge >= 0.3 is 0 Å². The molecule has 0 bridgehead atoms. The minimum absolute atomic E-state index is 0.498. The normalized spacial score (nSPS) is 18.6. The number of imidazole rings is 1. The van der Waals surface area contributed by atoms with Crippen LogP contribution in [0, 0.1) is 0 Å². The van der Waals surface area contributed by atoms with Gasteiger partial charge in [0.2, 0.25) is 0 Å². The summed E-state index contributed by atoms with van der Waals surface area (Å²) in [4.78, 5) is 8.81. The molecule has 0 saturated heterocycles. The van der Waals surface area contributed by atoms with Crippen LogP contribution in [0.1, 0.15) is 23.9 Å². The van der Waals surface area contributed by atoms with E-state index in [0.29, 0.717) is 6.04 Å². The maximum Gasteiger partial charge on any atom is 0.107 e. The van der Waals surface area contributed by atoms with Gasteiger partial charge in [0.1, 0.15) is 5.82 Å². The highest BCUT2D eigenvalue weighted by Crippen LogP contribution is 2.35. The van der Waals surface area contributed by atoms with Crippen molar-refractivity contribution in [1.82, 2.24) is 15.3 Å². The molecular weight excluding hydrogens is 242 g/mol. The van der Waals surface area contributed by atoms with Crippen LogP contribution < -0.4 is 5.32 Å². The topological polar surface area (TPSA) is 40.7 Å². The van der Waals surface area contributed by atoms with Crippen molar-refractivity contribution in [2.24, 2.45) is 0 Å². The Bertz CT molecular complexity index is 496. The van der Waals surface area contributed by atoms with E-state index in [2.05, 4.69) is 39.6 Å². The van der Waals surface area contributed by atoms with Crippen LogP contribution in [0.5, 0.6) is 0 Å². The van der Waals surface area contributed by atoms with Crippen molar-refractivity contribution in [2.75, 3.05) is 12.3 Å². The van der Waals surface area contributed by atoms with Gasteiger partial charge in [0, 0.05) is 36.3 Å². The standard InChI is InChI=1S/C14H17N3S/c1-2-4-13-11(3-1)12(6-10-18-13)15-7-5-14-16-8-9-17-14/h1-4,8-9,12,15H,5-7,10H2,(H,16,17). The van der Waals surface area contributed by atoms with E-state index in [1.807, 2.05) is 24.2 Å². The predicted molar refractivity (Wildman–Crippen MR) is 74.8 cm³/mol. The molecule has 0 fully saturated rings. The first-order valence-electron chi connectivity index (χ1n) is 6.37. The summed E-state index contributed by atoms with van der Waals surface area (Å²) >= 11 is 1.97. The molecule has 1 unspecified atom stereocenters. The van der Waals surface area contributed by atoms with Crippen LogP contribution in [0.3, 0.4) is 0 Å². The highest BCUT2D eigenvalue weighted by Gasteiger charge is 2.19. The highest BCUT2D eigenvalue weighted by atomic mass is 32.2. The zero-order valence-electron chi connectivity index (χ0n) is 10.2. The number of nitrogens with zero attached hydrogens (tertiary/aromatic N) is 1. The Morgan fingerprint density at radius 2 is 2.33 bits per heavy atom. The summed E-state index contributed by atoms with van der Waals surface area (Å²) in [6, 6.07) is 9.22. The Balaban J connectivity index is 1.60. The summed E-state index contributed by atoms with van der Waals surface area (Å²) in [7, 11) is 0. The van der Waals surface area contributed by atoms with Crippen molar-refractivity contribution in [2.45, 2.75) is 23.8 Å². The van der Waals surface area contributed by atoms with Crippen molar-refractivity contribution in [3.63, 3.8) is 0 Å². The molecule has 0 spiro atoms. The number of H-pyrrole nitrogens is 1. The number of fused-ring (bicyclic) bond motifs is 1. The smallest absolute Gasteiger partial charge is 0.107 e. The zero-order chi connectivity index (χ0) is 12.2. The molecule has 2 aromatic rings. The number of thioether (sulfide) groups is 1. The maximum absolute atomic E-state index is 4.24. The van der Waals surface area contributed by atoms with Gasteiger partial charge in [-0.05, 0) is 23.8 Å². The van der Waals surface area contributed by atoms with E-state index in [0.717, 1.165) is 18.8 Å². The fourth-order valence-electron chi connectivity index (χ4n) is 2.35. The van der Waals surface area contributed by atoms with Crippen LogP contribution in [0.4, 0.5) is 0 Å². The number of rotatable bonds is 4.